The summed E-state index contributed by atoms with van der Waals surface area (Å²) in [6.45, 7) is 9.45. The van der Waals surface area contributed by atoms with E-state index >= 15 is 0 Å². The van der Waals surface area contributed by atoms with Crippen molar-refractivity contribution in [1.82, 2.24) is 20.5 Å². The van der Waals surface area contributed by atoms with Gasteiger partial charge in [-0.25, -0.2) is 0 Å². The molecule has 3 heterocycles. The molecule has 0 spiro atoms. The molecular weight excluding hydrogens is 564 g/mol. The average Bonchev–Trinajstić information content (AvgIpc) is 3.73. The fourth-order valence-corrected chi connectivity index (χ4v) is 5.69. The largest absolute Gasteiger partial charge is 0.390 e. The van der Waals surface area contributed by atoms with Crippen molar-refractivity contribution >= 4 is 57.7 Å². The number of rotatable bonds is 8. The van der Waals surface area contributed by atoms with Gasteiger partial charge < -0.3 is 31.0 Å². The predicted octanol–water partition coefficient (Wildman–Crippen LogP) is 4.49. The Labute approximate surface area is 257 Å². The number of para-hydroxylation sites is 1. The highest BCUT2D eigenvalue weighted by atomic mass is 32.1. The van der Waals surface area contributed by atoms with Crippen LogP contribution in [-0.2, 0) is 25.7 Å². The second-order valence-corrected chi connectivity index (χ2v) is 10.8. The molecule has 4 aromatic rings. The highest BCUT2D eigenvalue weighted by molar-refractivity contribution is 7.10. The average molecular weight is 609 g/mol. The summed E-state index contributed by atoms with van der Waals surface area (Å²) in [5, 5.41) is 15.8. The van der Waals surface area contributed by atoms with Crippen LogP contribution in [0.15, 0.2) is 53.9 Å². The number of hydrogen-bond donors (Lipinski definition) is 5. The number of hydrogen-bond acceptors (Lipinski definition) is 6. The highest BCUT2D eigenvalue weighted by Crippen LogP contribution is 2.26. The minimum absolute atomic E-state index is 0.100. The van der Waals surface area contributed by atoms with Gasteiger partial charge in [0.1, 0.15) is 6.04 Å². The molecule has 5 rings (SSSR count). The Balaban J connectivity index is 0.000000285. The molecular formula is C32H44N6O4S. The number of carbonyl (C=O) groups is 3. The summed E-state index contributed by atoms with van der Waals surface area (Å²) >= 11 is 1.60. The number of aromatic nitrogens is 1. The summed E-state index contributed by atoms with van der Waals surface area (Å²) in [6, 6.07) is 16.4. The Hall–Kier alpha value is -4.22. The van der Waals surface area contributed by atoms with Crippen molar-refractivity contribution in [3.8, 4) is 0 Å². The lowest BCUT2D eigenvalue weighted by atomic mass is 10.1. The van der Waals surface area contributed by atoms with E-state index < -0.39 is 6.04 Å². The van der Waals surface area contributed by atoms with Gasteiger partial charge in [0.2, 0.25) is 18.2 Å². The van der Waals surface area contributed by atoms with Crippen LogP contribution in [0.4, 0.5) is 0 Å². The SMILES string of the molecule is CC.COCC1CC(C(=O)NCc2cc(C)cs2)N(C(=O)CNC=O)C1.Cc1ccc2[nH]c3ccccc3c2c1.N=CN. The Morgan fingerprint density at radius 1 is 1.12 bits per heavy atom. The van der Waals surface area contributed by atoms with Crippen LogP contribution in [-0.4, -0.2) is 67.3 Å². The number of thiophene rings is 1. The quantitative estimate of drug-likeness (QED) is 0.113. The third-order valence-corrected chi connectivity index (χ3v) is 7.69. The van der Waals surface area contributed by atoms with E-state index in [0.717, 1.165) is 11.2 Å². The fraction of sp³-hybridized carbons (Fsp3) is 0.375. The van der Waals surface area contributed by atoms with Crippen LogP contribution in [0.5, 0.6) is 0 Å². The van der Waals surface area contributed by atoms with Crippen molar-refractivity contribution in [2.24, 2.45) is 11.7 Å². The number of likely N-dealkylation sites (tertiary alicyclic amines) is 1. The van der Waals surface area contributed by atoms with Crippen LogP contribution < -0.4 is 16.4 Å². The number of methoxy groups -OCH3 is 1. The van der Waals surface area contributed by atoms with Gasteiger partial charge in [0, 0.05) is 46.3 Å². The van der Waals surface area contributed by atoms with Crippen LogP contribution in [0.25, 0.3) is 21.8 Å². The topological polar surface area (TPSA) is 153 Å². The molecule has 6 N–H and O–H groups in total. The molecule has 1 aliphatic heterocycles. The molecule has 2 aromatic carbocycles. The Kier molecular flexibility index (Phi) is 14.9. The molecule has 0 aliphatic carbocycles. The summed E-state index contributed by atoms with van der Waals surface area (Å²) < 4.78 is 5.16. The van der Waals surface area contributed by atoms with Crippen molar-refractivity contribution < 1.29 is 19.1 Å². The van der Waals surface area contributed by atoms with Crippen molar-refractivity contribution in [2.45, 2.75) is 46.7 Å². The van der Waals surface area contributed by atoms with Crippen LogP contribution in [0.2, 0.25) is 0 Å². The maximum atomic E-state index is 12.5. The zero-order valence-corrected chi connectivity index (χ0v) is 26.4. The van der Waals surface area contributed by atoms with Gasteiger partial charge in [-0.2, -0.15) is 0 Å². The zero-order valence-electron chi connectivity index (χ0n) is 25.6. The van der Waals surface area contributed by atoms with Gasteiger partial charge in [0.15, 0.2) is 0 Å². The van der Waals surface area contributed by atoms with Gasteiger partial charge in [-0.05, 0) is 55.5 Å². The number of nitrogens with zero attached hydrogens (tertiary/aromatic N) is 1. The number of aryl methyl sites for hydroxylation is 2. The molecule has 1 aliphatic rings. The molecule has 0 radical (unpaired) electrons. The standard InChI is InChI=1S/C16H23N3O4S.C13H11N.C2H6.CH4N2/c1-11-3-13(24-9-11)5-18-16(22)14-4-12(8-23-2)7-19(14)15(21)6-17-10-20;1-9-6-7-13-11(8-9)10-4-2-3-5-12(10)14-13;1-2;2-1-3/h3,9-10,12,14H,4-8H2,1-2H3,(H,17,20)(H,18,22);2-8,14H,1H3;1-2H3;1H,(H3,2,3). The fourth-order valence-electron chi connectivity index (χ4n) is 4.87. The van der Waals surface area contributed by atoms with E-state index in [9.17, 15) is 14.4 Å². The van der Waals surface area contributed by atoms with Crippen LogP contribution in [0, 0.1) is 25.2 Å². The van der Waals surface area contributed by atoms with E-state index in [2.05, 4.69) is 70.7 Å². The van der Waals surface area contributed by atoms with Crippen LogP contribution >= 0.6 is 11.3 Å². The summed E-state index contributed by atoms with van der Waals surface area (Å²) in [5.74, 6) is -0.304. The van der Waals surface area contributed by atoms with Crippen molar-refractivity contribution in [2.75, 3.05) is 26.8 Å². The minimum Gasteiger partial charge on any atom is -0.390 e. The third kappa shape index (κ3) is 10.2. The molecule has 1 saturated heterocycles. The van der Waals surface area contributed by atoms with E-state index in [4.69, 9.17) is 10.1 Å². The molecule has 1 fully saturated rings. The summed E-state index contributed by atoms with van der Waals surface area (Å²) in [6.07, 6.45) is 1.80. The van der Waals surface area contributed by atoms with E-state index in [0.29, 0.717) is 32.5 Å². The molecule has 2 atom stereocenters. The zero-order chi connectivity index (χ0) is 31.8. The molecule has 2 unspecified atom stereocenters. The molecule has 10 nitrogen and oxygen atoms in total. The van der Waals surface area contributed by atoms with E-state index in [1.807, 2.05) is 32.2 Å². The number of amides is 3. The molecule has 3 amide bonds. The van der Waals surface area contributed by atoms with Gasteiger partial charge in [0.25, 0.3) is 0 Å². The molecule has 2 aromatic heterocycles. The molecule has 11 heteroatoms. The number of H-pyrrole nitrogens is 1. The first-order valence-electron chi connectivity index (χ1n) is 14.3. The number of fused-ring (bicyclic) bond motifs is 3. The molecule has 0 bridgehead atoms. The Bertz CT molecular complexity index is 1470. The lowest BCUT2D eigenvalue weighted by Crippen LogP contribution is -2.48. The smallest absolute Gasteiger partial charge is 0.243 e. The highest BCUT2D eigenvalue weighted by Gasteiger charge is 2.39. The van der Waals surface area contributed by atoms with Gasteiger partial charge in [0.05, 0.1) is 26.0 Å². The van der Waals surface area contributed by atoms with Gasteiger partial charge in [-0.1, -0.05) is 43.7 Å². The number of nitrogens with one attached hydrogen (secondary N) is 4. The monoisotopic (exact) mass is 608 g/mol. The maximum absolute atomic E-state index is 12.5. The van der Waals surface area contributed by atoms with Crippen LogP contribution in [0.3, 0.4) is 0 Å². The molecule has 43 heavy (non-hydrogen) atoms. The predicted molar refractivity (Wildman–Crippen MR) is 175 cm³/mol. The van der Waals surface area contributed by atoms with E-state index in [-0.39, 0.29) is 24.3 Å². The summed E-state index contributed by atoms with van der Waals surface area (Å²) in [5.41, 5.74) is 9.30. The maximum Gasteiger partial charge on any atom is 0.243 e. The van der Waals surface area contributed by atoms with Crippen molar-refractivity contribution in [1.29, 1.82) is 5.41 Å². The second kappa shape index (κ2) is 18.3. The minimum atomic E-state index is -0.521. The molecule has 232 valence electrons. The Morgan fingerprint density at radius 2 is 1.81 bits per heavy atom. The van der Waals surface area contributed by atoms with Crippen molar-refractivity contribution in [3.05, 3.63) is 69.9 Å². The number of nitrogens with two attached hydrogens (primary N) is 1. The van der Waals surface area contributed by atoms with Crippen molar-refractivity contribution in [3.63, 3.8) is 0 Å². The summed E-state index contributed by atoms with van der Waals surface area (Å²) in [7, 11) is 1.60. The van der Waals surface area contributed by atoms with Gasteiger partial charge in [-0.3, -0.25) is 19.8 Å². The van der Waals surface area contributed by atoms with E-state index in [1.165, 1.54) is 37.8 Å². The Morgan fingerprint density at radius 3 is 2.47 bits per heavy atom. The molecule has 0 saturated carbocycles. The van der Waals surface area contributed by atoms with Crippen LogP contribution in [0.1, 0.15) is 36.3 Å². The normalized spacial score (nSPS) is 15.2. The summed E-state index contributed by atoms with van der Waals surface area (Å²) in [4.78, 5) is 41.2. The third-order valence-electron chi connectivity index (χ3n) is 6.63. The lowest BCUT2D eigenvalue weighted by Gasteiger charge is -2.23. The first kappa shape index (κ1) is 35.0. The number of carbonyl (C=O) groups excluding carboxylic acids is 3. The van der Waals surface area contributed by atoms with E-state index in [1.54, 1.807) is 18.4 Å². The second-order valence-electron chi connectivity index (χ2n) is 9.81. The number of ether oxygens (including phenoxy) is 1. The van der Waals surface area contributed by atoms with Gasteiger partial charge >= 0.3 is 0 Å². The first-order chi connectivity index (χ1) is 20.8. The number of benzene rings is 2. The number of aromatic amines is 1. The first-order valence-corrected chi connectivity index (χ1v) is 15.1. The lowest BCUT2D eigenvalue weighted by molar-refractivity contribution is -0.138. The van der Waals surface area contributed by atoms with Gasteiger partial charge in [-0.15, -0.1) is 11.3 Å².